The maximum absolute atomic E-state index is 12.7. The van der Waals surface area contributed by atoms with E-state index in [0.29, 0.717) is 18.8 Å². The first-order valence-corrected chi connectivity index (χ1v) is 20.1. The van der Waals surface area contributed by atoms with Crippen LogP contribution < -0.4 is 42.0 Å². The van der Waals surface area contributed by atoms with Gasteiger partial charge in [-0.3, -0.25) is 38.4 Å². The minimum absolute atomic E-state index is 0.0553. The summed E-state index contributed by atoms with van der Waals surface area (Å²) in [5, 5.41) is 71.9. The average molecular weight is 898 g/mol. The van der Waals surface area contributed by atoms with Gasteiger partial charge in [-0.1, -0.05) is 32.1 Å². The zero-order valence-electron chi connectivity index (χ0n) is 34.9. The molecule has 24 heteroatoms. The van der Waals surface area contributed by atoms with E-state index in [1.165, 1.54) is 19.1 Å². The molecule has 0 aliphatic carbocycles. The van der Waals surface area contributed by atoms with Crippen LogP contribution in [-0.2, 0) is 43.2 Å². The third-order valence-electron chi connectivity index (χ3n) is 8.95. The van der Waals surface area contributed by atoms with E-state index in [1.807, 2.05) is 0 Å². The van der Waals surface area contributed by atoms with Crippen molar-refractivity contribution in [3.05, 3.63) is 29.8 Å². The molecule has 1 aromatic carbocycles. The number of nitrogens with one attached hydrogen (secondary N) is 7. The van der Waals surface area contributed by atoms with Crippen LogP contribution in [0.2, 0.25) is 0 Å². The summed E-state index contributed by atoms with van der Waals surface area (Å²) < 4.78 is 5.61. The van der Waals surface area contributed by atoms with Crippen LogP contribution in [0.3, 0.4) is 0 Å². The van der Waals surface area contributed by atoms with Crippen molar-refractivity contribution >= 4 is 59.1 Å². The minimum atomic E-state index is -1.72. The number of hydrogen-bond acceptors (Lipinski definition) is 15. The molecule has 0 aliphatic heterocycles. The summed E-state index contributed by atoms with van der Waals surface area (Å²) in [7, 11) is 0. The summed E-state index contributed by atoms with van der Waals surface area (Å²) in [6.45, 7) is -3.43. The maximum atomic E-state index is 12.7. The molecule has 5 atom stereocenters. The summed E-state index contributed by atoms with van der Waals surface area (Å²) >= 11 is 0. The van der Waals surface area contributed by atoms with Gasteiger partial charge in [-0.15, -0.1) is 0 Å². The summed E-state index contributed by atoms with van der Waals surface area (Å²) in [5.74, 6) is -9.01. The van der Waals surface area contributed by atoms with Crippen molar-refractivity contribution in [1.82, 2.24) is 37.2 Å². The number of carboxylic acid groups (broad SMARTS) is 2. The minimum Gasteiger partial charge on any atom is -0.494 e. The van der Waals surface area contributed by atoms with Gasteiger partial charge in [0, 0.05) is 12.8 Å². The summed E-state index contributed by atoms with van der Waals surface area (Å²) in [6, 6.07) is -1.88. The fourth-order valence-electron chi connectivity index (χ4n) is 5.41. The molecule has 0 fully saturated rings. The van der Waals surface area contributed by atoms with E-state index in [0.717, 1.165) is 38.5 Å². The molecule has 7 amide bonds. The van der Waals surface area contributed by atoms with Crippen LogP contribution in [0.1, 0.15) is 81.5 Å². The first-order chi connectivity index (χ1) is 29.9. The topological polar surface area (TPSA) is 386 Å². The zero-order valence-corrected chi connectivity index (χ0v) is 34.9. The van der Waals surface area contributed by atoms with Crippen molar-refractivity contribution in [3.8, 4) is 5.75 Å². The number of carbonyl (C=O) groups is 10. The van der Waals surface area contributed by atoms with E-state index >= 15 is 0 Å². The molecule has 0 saturated heterocycles. The van der Waals surface area contributed by atoms with Gasteiger partial charge < -0.3 is 72.6 Å². The lowest BCUT2D eigenvalue weighted by molar-refractivity contribution is -0.142. The Balaban J connectivity index is 2.43. The number of amides is 7. The van der Waals surface area contributed by atoms with Crippen LogP contribution in [0, 0.1) is 0 Å². The summed E-state index contributed by atoms with van der Waals surface area (Å²) in [6.07, 6.45) is 4.86. The van der Waals surface area contributed by atoms with Crippen LogP contribution in [0.5, 0.6) is 5.75 Å². The number of Topliss-reactive ketones (excluding diaryl/α,β-unsaturated/α-hetero) is 1. The van der Waals surface area contributed by atoms with Crippen molar-refractivity contribution < 1.29 is 83.3 Å². The Morgan fingerprint density at radius 3 is 1.41 bits per heavy atom. The molecule has 0 aromatic heterocycles. The zero-order chi connectivity index (χ0) is 47.3. The third-order valence-corrected chi connectivity index (χ3v) is 8.95. The van der Waals surface area contributed by atoms with Crippen LogP contribution in [0.4, 0.5) is 0 Å². The molecular weight excluding hydrogens is 838 g/mol. The normalized spacial score (nSPS) is 13.1. The molecule has 0 aliphatic rings. The smallest absolute Gasteiger partial charge is 0.335 e. The van der Waals surface area contributed by atoms with Crippen molar-refractivity contribution in [2.75, 3.05) is 46.1 Å². The summed E-state index contributed by atoms with van der Waals surface area (Å²) in [5.41, 5.74) is 0.177. The highest BCUT2D eigenvalue weighted by atomic mass is 16.5. The van der Waals surface area contributed by atoms with Gasteiger partial charge in [0.25, 0.3) is 0 Å². The summed E-state index contributed by atoms with van der Waals surface area (Å²) in [4.78, 5) is 121. The van der Waals surface area contributed by atoms with Gasteiger partial charge >= 0.3 is 11.9 Å². The van der Waals surface area contributed by atoms with Crippen molar-refractivity contribution in [3.63, 3.8) is 0 Å². The molecule has 0 saturated carbocycles. The number of benzene rings is 1. The lowest BCUT2D eigenvalue weighted by Gasteiger charge is -2.22. The van der Waals surface area contributed by atoms with Gasteiger partial charge in [0.2, 0.25) is 41.4 Å². The number of aromatic carboxylic acids is 1. The number of ether oxygens (including phenoxy) is 1. The Bertz CT molecular complexity index is 1690. The van der Waals surface area contributed by atoms with Crippen molar-refractivity contribution in [1.29, 1.82) is 0 Å². The average Bonchev–Trinajstić information content (AvgIpc) is 3.25. The SMILES string of the molecule is CC(=O)CNC(=O)[C@H](CO)NC(=O)[C@H](CO)NC(=O)CNC(=O)[C@H](CO)NC(=O)[C@H](CO)NC(=O)CCC(NC(=O)CCCCCCCCCOc1ccc(C(=O)O)cc1)C(=O)O. The Hall–Kier alpha value is -6.24. The molecule has 1 rings (SSSR count). The molecule has 0 heterocycles. The molecule has 1 aromatic rings. The Morgan fingerprint density at radius 2 is 0.937 bits per heavy atom. The van der Waals surface area contributed by atoms with E-state index in [-0.39, 0.29) is 24.9 Å². The molecule has 0 bridgehead atoms. The second kappa shape index (κ2) is 30.7. The number of aliphatic hydroxyl groups is 4. The number of rotatable bonds is 33. The number of aliphatic carboxylic acids is 1. The largest absolute Gasteiger partial charge is 0.494 e. The molecule has 13 N–H and O–H groups in total. The van der Waals surface area contributed by atoms with Crippen LogP contribution in [0.25, 0.3) is 0 Å². The molecule has 352 valence electrons. The van der Waals surface area contributed by atoms with Gasteiger partial charge in [0.05, 0.1) is 51.7 Å². The molecule has 0 radical (unpaired) electrons. The van der Waals surface area contributed by atoms with Crippen LogP contribution in [0.15, 0.2) is 24.3 Å². The maximum Gasteiger partial charge on any atom is 0.335 e. The lowest BCUT2D eigenvalue weighted by atomic mass is 10.1. The lowest BCUT2D eigenvalue weighted by Crippen LogP contribution is -2.58. The quantitative estimate of drug-likeness (QED) is 0.0299. The highest BCUT2D eigenvalue weighted by Gasteiger charge is 2.29. The molecule has 1 unspecified atom stereocenters. The monoisotopic (exact) mass is 897 g/mol. The molecule has 0 spiro atoms. The number of carboxylic acids is 2. The molecule has 63 heavy (non-hydrogen) atoms. The van der Waals surface area contributed by atoms with Crippen molar-refractivity contribution in [2.45, 2.75) is 101 Å². The van der Waals surface area contributed by atoms with Gasteiger partial charge in [-0.25, -0.2) is 9.59 Å². The standard InChI is InChI=1S/C39H59N7O17/c1-23(51)17-40-34(55)27(19-47)45-37(58)30(22-50)44-33(54)18-41-35(56)28(20-48)46-36(57)29(21-49)43-32(53)15-14-26(39(61)62)42-31(52)9-7-5-3-2-4-6-8-16-63-25-12-10-24(11-13-25)38(59)60/h10-13,26-30,47-50H,2-9,14-22H2,1H3,(H,40,55)(H,41,56)(H,42,52)(H,43,53)(H,44,54)(H,45,58)(H,46,57)(H,59,60)(H,61,62)/t26?,27-,28-,29-,30-/m0/s1. The molecule has 24 nitrogen and oxygen atoms in total. The Labute approximate surface area is 362 Å². The number of carbonyl (C=O) groups excluding carboxylic acids is 8. The highest BCUT2D eigenvalue weighted by molar-refractivity contribution is 5.96. The Morgan fingerprint density at radius 1 is 0.508 bits per heavy atom. The second-order valence-corrected chi connectivity index (χ2v) is 14.1. The van der Waals surface area contributed by atoms with E-state index in [2.05, 4.69) is 37.2 Å². The second-order valence-electron chi connectivity index (χ2n) is 14.1. The van der Waals surface area contributed by atoms with Crippen LogP contribution in [-0.4, -0.2) is 166 Å². The first-order valence-electron chi connectivity index (χ1n) is 20.1. The Kier molecular flexibility index (Phi) is 26.7. The fourth-order valence-corrected chi connectivity index (χ4v) is 5.41. The number of ketones is 1. The van der Waals surface area contributed by atoms with Gasteiger partial charge in [0.15, 0.2) is 0 Å². The highest BCUT2D eigenvalue weighted by Crippen LogP contribution is 2.14. The predicted octanol–water partition coefficient (Wildman–Crippen LogP) is -4.04. The van der Waals surface area contributed by atoms with Gasteiger partial charge in [-0.2, -0.15) is 0 Å². The fraction of sp³-hybridized carbons (Fsp3) is 0.590. The van der Waals surface area contributed by atoms with E-state index in [9.17, 15) is 73.5 Å². The van der Waals surface area contributed by atoms with Gasteiger partial charge in [-0.05, 0) is 50.5 Å². The molecular formula is C39H59N7O17. The van der Waals surface area contributed by atoms with Gasteiger partial charge in [0.1, 0.15) is 41.7 Å². The van der Waals surface area contributed by atoms with Crippen molar-refractivity contribution in [2.24, 2.45) is 0 Å². The van der Waals surface area contributed by atoms with E-state index in [1.54, 1.807) is 12.1 Å². The van der Waals surface area contributed by atoms with Crippen LogP contribution >= 0.6 is 0 Å². The first kappa shape index (κ1) is 54.8. The van der Waals surface area contributed by atoms with E-state index in [4.69, 9.17) is 9.84 Å². The number of unbranched alkanes of at least 4 members (excludes halogenated alkanes) is 6. The third kappa shape index (κ3) is 23.0. The predicted molar refractivity (Wildman–Crippen MR) is 217 cm³/mol. The van der Waals surface area contributed by atoms with E-state index < -0.39 is 129 Å². The number of aliphatic hydroxyl groups excluding tert-OH is 4. The number of hydrogen-bond donors (Lipinski definition) is 13.